The van der Waals surface area contributed by atoms with E-state index in [1.165, 1.54) is 16.0 Å². The zero-order chi connectivity index (χ0) is 18.1. The minimum Gasteiger partial charge on any atom is -0.497 e. The summed E-state index contributed by atoms with van der Waals surface area (Å²) in [5.74, 6) is 0.421. The monoisotopic (exact) mass is 370 g/mol. The lowest BCUT2D eigenvalue weighted by Gasteiger charge is -2.15. The van der Waals surface area contributed by atoms with Crippen LogP contribution in [0.3, 0.4) is 0 Å². The molecule has 0 aliphatic heterocycles. The van der Waals surface area contributed by atoms with Gasteiger partial charge in [-0.05, 0) is 49.4 Å². The molecular weight excluding hydrogens is 352 g/mol. The van der Waals surface area contributed by atoms with Gasteiger partial charge in [0.1, 0.15) is 12.3 Å². The lowest BCUT2D eigenvalue weighted by Crippen LogP contribution is -2.31. The number of carbonyl (C=O) groups is 1. The van der Waals surface area contributed by atoms with Crippen LogP contribution in [0.25, 0.3) is 10.2 Å². The topological polar surface area (TPSA) is 86.1 Å². The van der Waals surface area contributed by atoms with Crippen molar-refractivity contribution in [2.24, 2.45) is 0 Å². The van der Waals surface area contributed by atoms with Gasteiger partial charge in [0.05, 0.1) is 23.0 Å². The van der Waals surface area contributed by atoms with Crippen LogP contribution in [-0.4, -0.2) is 27.8 Å². The largest absolute Gasteiger partial charge is 0.497 e. The summed E-state index contributed by atoms with van der Waals surface area (Å²) in [7, 11) is 1.61. The summed E-state index contributed by atoms with van der Waals surface area (Å²) in [4.78, 5) is 28.9. The van der Waals surface area contributed by atoms with Crippen LogP contribution < -0.4 is 15.6 Å². The summed E-state index contributed by atoms with van der Waals surface area (Å²) in [6.45, 7) is -0.120. The average Bonchev–Trinajstić information content (AvgIpc) is 3.03. The number of aromatic nitrogens is 3. The molecule has 2 aromatic heterocycles. The number of aryl methyl sites for hydroxylation is 2. The second kappa shape index (κ2) is 6.87. The Bertz CT molecular complexity index is 1040. The molecular formula is C18H18N4O3S. The molecule has 0 spiro atoms. The molecule has 3 aromatic rings. The number of ether oxygens (including phenoxy) is 1. The van der Waals surface area contributed by atoms with E-state index in [0.29, 0.717) is 5.13 Å². The number of hydrogen-bond donors (Lipinski definition) is 1. The van der Waals surface area contributed by atoms with E-state index in [1.54, 1.807) is 13.2 Å². The molecule has 0 saturated heterocycles. The molecule has 2 heterocycles. The predicted molar refractivity (Wildman–Crippen MR) is 99.9 cm³/mol. The van der Waals surface area contributed by atoms with Gasteiger partial charge < -0.3 is 10.1 Å². The molecule has 0 radical (unpaired) electrons. The highest BCUT2D eigenvalue weighted by atomic mass is 32.1. The van der Waals surface area contributed by atoms with Crippen LogP contribution in [0.15, 0.2) is 29.1 Å². The van der Waals surface area contributed by atoms with E-state index < -0.39 is 0 Å². The van der Waals surface area contributed by atoms with Gasteiger partial charge in [0.2, 0.25) is 5.91 Å². The first-order chi connectivity index (χ1) is 12.6. The molecule has 0 atom stereocenters. The maximum absolute atomic E-state index is 12.3. The molecule has 7 nitrogen and oxygen atoms in total. The Hall–Kier alpha value is -2.74. The lowest BCUT2D eigenvalue weighted by molar-refractivity contribution is -0.117. The Kier molecular flexibility index (Phi) is 4.42. The number of methoxy groups -OCH3 is 1. The van der Waals surface area contributed by atoms with Crippen LogP contribution in [0.4, 0.5) is 5.13 Å². The third-order valence-electron chi connectivity index (χ3n) is 4.41. The van der Waals surface area contributed by atoms with Gasteiger partial charge in [-0.25, -0.2) is 9.67 Å². The maximum Gasteiger partial charge on any atom is 0.267 e. The Morgan fingerprint density at radius 3 is 3.00 bits per heavy atom. The number of fused-ring (bicyclic) bond motifs is 2. The van der Waals surface area contributed by atoms with Crippen molar-refractivity contribution in [1.82, 2.24) is 14.8 Å². The molecule has 4 rings (SSSR count). The first kappa shape index (κ1) is 16.7. The molecule has 0 saturated carbocycles. The zero-order valence-corrected chi connectivity index (χ0v) is 15.1. The minimum atomic E-state index is -0.318. The molecule has 8 heteroatoms. The van der Waals surface area contributed by atoms with Crippen molar-refractivity contribution < 1.29 is 9.53 Å². The second-order valence-corrected chi connectivity index (χ2v) is 7.25. The van der Waals surface area contributed by atoms with Crippen molar-refractivity contribution in [2.75, 3.05) is 12.4 Å². The number of carbonyl (C=O) groups excluding carboxylic acids is 1. The third-order valence-corrected chi connectivity index (χ3v) is 5.34. The highest BCUT2D eigenvalue weighted by Crippen LogP contribution is 2.29. The van der Waals surface area contributed by atoms with E-state index in [1.807, 2.05) is 18.2 Å². The number of hydrogen-bond acceptors (Lipinski definition) is 6. The molecule has 1 amide bonds. The molecule has 1 aliphatic rings. The minimum absolute atomic E-state index is 0.120. The van der Waals surface area contributed by atoms with Crippen LogP contribution >= 0.6 is 11.3 Å². The molecule has 0 bridgehead atoms. The van der Waals surface area contributed by atoms with Crippen LogP contribution in [0.1, 0.15) is 24.1 Å². The van der Waals surface area contributed by atoms with Crippen molar-refractivity contribution in [3.05, 3.63) is 45.9 Å². The Balaban J connectivity index is 1.51. The number of amides is 1. The van der Waals surface area contributed by atoms with E-state index in [2.05, 4.69) is 15.4 Å². The molecule has 1 N–H and O–H groups in total. The highest BCUT2D eigenvalue weighted by Gasteiger charge is 2.15. The Morgan fingerprint density at radius 1 is 1.31 bits per heavy atom. The molecule has 0 unspecified atom stereocenters. The number of benzene rings is 1. The van der Waals surface area contributed by atoms with Crippen LogP contribution in [0.5, 0.6) is 5.75 Å². The SMILES string of the molecule is COc1ccc2nc(NC(=O)Cn3nc4c(cc3=O)CCCC4)sc2c1. The van der Waals surface area contributed by atoms with Gasteiger partial charge in [-0.3, -0.25) is 9.59 Å². The summed E-state index contributed by atoms with van der Waals surface area (Å²) < 4.78 is 7.35. The summed E-state index contributed by atoms with van der Waals surface area (Å²) in [6, 6.07) is 7.15. The van der Waals surface area contributed by atoms with Crippen molar-refractivity contribution in [2.45, 2.75) is 32.2 Å². The first-order valence-electron chi connectivity index (χ1n) is 8.47. The summed E-state index contributed by atoms with van der Waals surface area (Å²) in [5, 5.41) is 7.61. The average molecular weight is 370 g/mol. The Labute approximate surface area is 153 Å². The van der Waals surface area contributed by atoms with Crippen LogP contribution in [0, 0.1) is 0 Å². The number of thiazole rings is 1. The summed E-state index contributed by atoms with van der Waals surface area (Å²) in [5.41, 5.74) is 2.48. The van der Waals surface area contributed by atoms with Gasteiger partial charge in [-0.2, -0.15) is 5.10 Å². The fourth-order valence-electron chi connectivity index (χ4n) is 3.09. The van der Waals surface area contributed by atoms with Crippen molar-refractivity contribution in [3.8, 4) is 5.75 Å². The van der Waals surface area contributed by atoms with Gasteiger partial charge in [0.15, 0.2) is 5.13 Å². The third kappa shape index (κ3) is 3.32. The van der Waals surface area contributed by atoms with E-state index in [9.17, 15) is 9.59 Å². The standard InChI is InChI=1S/C18H18N4O3S/c1-25-12-6-7-14-15(9-12)26-18(19-14)20-16(23)10-22-17(24)8-11-4-2-3-5-13(11)21-22/h6-9H,2-5,10H2,1H3,(H,19,20,23). The fraction of sp³-hybridized carbons (Fsp3) is 0.333. The van der Waals surface area contributed by atoms with Crippen molar-refractivity contribution >= 4 is 32.6 Å². The number of nitrogens with one attached hydrogen (secondary N) is 1. The summed E-state index contributed by atoms with van der Waals surface area (Å²) in [6.07, 6.45) is 3.90. The molecule has 134 valence electrons. The quantitative estimate of drug-likeness (QED) is 0.762. The van der Waals surface area contributed by atoms with Gasteiger partial charge in [-0.1, -0.05) is 11.3 Å². The molecule has 0 fully saturated rings. The Morgan fingerprint density at radius 2 is 2.15 bits per heavy atom. The maximum atomic E-state index is 12.3. The smallest absolute Gasteiger partial charge is 0.267 e. The number of rotatable bonds is 4. The van der Waals surface area contributed by atoms with Gasteiger partial charge in [-0.15, -0.1) is 0 Å². The highest BCUT2D eigenvalue weighted by molar-refractivity contribution is 7.22. The van der Waals surface area contributed by atoms with Gasteiger partial charge in [0.25, 0.3) is 5.56 Å². The lowest BCUT2D eigenvalue weighted by atomic mass is 9.97. The van der Waals surface area contributed by atoms with Crippen molar-refractivity contribution in [3.63, 3.8) is 0 Å². The fourth-order valence-corrected chi connectivity index (χ4v) is 4.00. The van der Waals surface area contributed by atoms with E-state index in [4.69, 9.17) is 4.74 Å². The van der Waals surface area contributed by atoms with Crippen LogP contribution in [-0.2, 0) is 24.2 Å². The van der Waals surface area contributed by atoms with Crippen LogP contribution in [0.2, 0.25) is 0 Å². The number of anilines is 1. The van der Waals surface area contributed by atoms with E-state index in [0.717, 1.165) is 52.9 Å². The van der Waals surface area contributed by atoms with Gasteiger partial charge >= 0.3 is 0 Å². The van der Waals surface area contributed by atoms with Crippen molar-refractivity contribution in [1.29, 1.82) is 0 Å². The first-order valence-corrected chi connectivity index (χ1v) is 9.28. The second-order valence-electron chi connectivity index (χ2n) is 6.22. The molecule has 1 aliphatic carbocycles. The number of nitrogens with zero attached hydrogens (tertiary/aromatic N) is 3. The van der Waals surface area contributed by atoms with Gasteiger partial charge in [0, 0.05) is 6.07 Å². The zero-order valence-electron chi connectivity index (χ0n) is 14.3. The normalized spacial score (nSPS) is 13.4. The van der Waals surface area contributed by atoms with E-state index in [-0.39, 0.29) is 18.0 Å². The van der Waals surface area contributed by atoms with E-state index >= 15 is 0 Å². The predicted octanol–water partition coefficient (Wildman–Crippen LogP) is 2.38. The molecule has 1 aromatic carbocycles. The summed E-state index contributed by atoms with van der Waals surface area (Å²) >= 11 is 1.36. The molecule has 26 heavy (non-hydrogen) atoms.